The van der Waals surface area contributed by atoms with E-state index in [0.717, 1.165) is 0 Å². The van der Waals surface area contributed by atoms with E-state index in [-0.39, 0.29) is 16.6 Å². The Morgan fingerprint density at radius 3 is 2.80 bits per heavy atom. The van der Waals surface area contributed by atoms with E-state index in [0.29, 0.717) is 17.0 Å². The summed E-state index contributed by atoms with van der Waals surface area (Å²) in [7, 11) is 1.64. The monoisotopic (exact) mass is 292 g/mol. The number of nitriles is 1. The molecule has 0 amide bonds. The van der Waals surface area contributed by atoms with Crippen LogP contribution in [0.1, 0.15) is 11.3 Å². The van der Waals surface area contributed by atoms with Crippen molar-refractivity contribution in [2.45, 2.75) is 6.92 Å². The lowest BCUT2D eigenvalue weighted by molar-refractivity contribution is -0.384. The lowest BCUT2D eigenvalue weighted by atomic mass is 10.3. The molecule has 0 N–H and O–H groups in total. The largest absolute Gasteiger partial charge is 0.438 e. The predicted molar refractivity (Wildman–Crippen MR) is 70.8 cm³/mol. The first-order valence-corrected chi connectivity index (χ1v) is 5.87. The van der Waals surface area contributed by atoms with Gasteiger partial charge in [0.1, 0.15) is 22.4 Å². The molecule has 102 valence electrons. The fourth-order valence-corrected chi connectivity index (χ4v) is 1.93. The molecule has 1 heterocycles. The van der Waals surface area contributed by atoms with Crippen LogP contribution in [0.25, 0.3) is 0 Å². The quantitative estimate of drug-likeness (QED) is 0.640. The number of halogens is 1. The number of nitro groups is 1. The van der Waals surface area contributed by atoms with Crippen LogP contribution in [0.15, 0.2) is 18.2 Å². The summed E-state index contributed by atoms with van der Waals surface area (Å²) in [6, 6.07) is 5.98. The zero-order valence-corrected chi connectivity index (χ0v) is 11.4. The van der Waals surface area contributed by atoms with Crippen molar-refractivity contribution >= 4 is 17.3 Å². The topological polar surface area (TPSA) is 94.0 Å². The third-order valence-corrected chi connectivity index (χ3v) is 2.91. The highest BCUT2D eigenvalue weighted by Gasteiger charge is 2.17. The van der Waals surface area contributed by atoms with Crippen LogP contribution in [0.3, 0.4) is 0 Å². The summed E-state index contributed by atoms with van der Waals surface area (Å²) in [6.45, 7) is 1.69. The van der Waals surface area contributed by atoms with Crippen LogP contribution >= 0.6 is 11.6 Å². The summed E-state index contributed by atoms with van der Waals surface area (Å²) in [5.41, 5.74) is 0.640. The molecule has 0 saturated heterocycles. The fraction of sp³-hybridized carbons (Fsp3) is 0.167. The van der Waals surface area contributed by atoms with Crippen LogP contribution < -0.4 is 4.74 Å². The van der Waals surface area contributed by atoms with Crippen LogP contribution in [0, 0.1) is 28.4 Å². The molecule has 0 aliphatic rings. The highest BCUT2D eigenvalue weighted by atomic mass is 35.5. The molecule has 7 nitrogen and oxygen atoms in total. The van der Waals surface area contributed by atoms with E-state index in [1.807, 2.05) is 6.07 Å². The van der Waals surface area contributed by atoms with Crippen LogP contribution in [-0.2, 0) is 7.05 Å². The van der Waals surface area contributed by atoms with E-state index in [2.05, 4.69) is 5.10 Å². The fourth-order valence-electron chi connectivity index (χ4n) is 1.69. The van der Waals surface area contributed by atoms with Crippen molar-refractivity contribution in [2.24, 2.45) is 7.05 Å². The van der Waals surface area contributed by atoms with Crippen molar-refractivity contribution in [2.75, 3.05) is 0 Å². The van der Waals surface area contributed by atoms with Gasteiger partial charge >= 0.3 is 0 Å². The van der Waals surface area contributed by atoms with Gasteiger partial charge in [-0.1, -0.05) is 11.6 Å². The molecule has 1 aromatic carbocycles. The van der Waals surface area contributed by atoms with Gasteiger partial charge in [-0.15, -0.1) is 0 Å². The second-order valence-corrected chi connectivity index (χ2v) is 4.38. The predicted octanol–water partition coefficient (Wildman–Crippen LogP) is 2.95. The number of aryl methyl sites for hydroxylation is 2. The van der Waals surface area contributed by atoms with Gasteiger partial charge < -0.3 is 4.74 Å². The summed E-state index contributed by atoms with van der Waals surface area (Å²) in [6.07, 6.45) is 0. The molecule has 20 heavy (non-hydrogen) atoms. The minimum atomic E-state index is -0.582. The number of benzene rings is 1. The van der Waals surface area contributed by atoms with E-state index in [4.69, 9.17) is 21.6 Å². The molecule has 0 aliphatic carbocycles. The van der Waals surface area contributed by atoms with E-state index < -0.39 is 4.92 Å². The summed E-state index contributed by atoms with van der Waals surface area (Å²) >= 11 is 5.80. The van der Waals surface area contributed by atoms with Gasteiger partial charge in [0.15, 0.2) is 0 Å². The maximum Gasteiger partial charge on any atom is 0.288 e. The zero-order valence-electron chi connectivity index (χ0n) is 10.6. The number of rotatable bonds is 3. The van der Waals surface area contributed by atoms with Gasteiger partial charge in [-0.25, -0.2) is 4.68 Å². The van der Waals surface area contributed by atoms with Gasteiger partial charge in [-0.3, -0.25) is 10.1 Å². The number of hydrogen-bond acceptors (Lipinski definition) is 5. The third kappa shape index (κ3) is 2.41. The van der Waals surface area contributed by atoms with E-state index in [1.54, 1.807) is 14.0 Å². The van der Waals surface area contributed by atoms with Gasteiger partial charge in [-0.05, 0) is 13.0 Å². The first kappa shape index (κ1) is 13.8. The molecule has 0 saturated carbocycles. The molecular weight excluding hydrogens is 284 g/mol. The molecule has 0 aliphatic heterocycles. The van der Waals surface area contributed by atoms with Crippen LogP contribution in [0.2, 0.25) is 5.02 Å². The molecule has 0 fully saturated rings. The van der Waals surface area contributed by atoms with Crippen LogP contribution in [0.4, 0.5) is 5.69 Å². The number of nitrogens with zero attached hydrogens (tertiary/aromatic N) is 4. The summed E-state index contributed by atoms with van der Waals surface area (Å²) < 4.78 is 6.96. The number of aromatic nitrogens is 2. The Hall–Kier alpha value is -2.59. The Kier molecular flexibility index (Phi) is 3.59. The van der Waals surface area contributed by atoms with Crippen LogP contribution in [0.5, 0.6) is 11.6 Å². The summed E-state index contributed by atoms with van der Waals surface area (Å²) in [5.74, 6) is 0.551. The van der Waals surface area contributed by atoms with Gasteiger partial charge in [-0.2, -0.15) is 10.4 Å². The Morgan fingerprint density at radius 1 is 1.55 bits per heavy atom. The maximum atomic E-state index is 10.7. The standard InChI is InChI=1S/C12H9ClN4O3/c1-7-9(6-14)12(16(2)15-7)20-8-3-4-11(17(18)19)10(13)5-8/h3-5H,1-2H3. The second-order valence-electron chi connectivity index (χ2n) is 3.97. The normalized spacial score (nSPS) is 10.1. The third-order valence-electron chi connectivity index (χ3n) is 2.61. The van der Waals surface area contributed by atoms with E-state index in [1.165, 1.54) is 22.9 Å². The van der Waals surface area contributed by atoms with Crippen molar-refractivity contribution in [1.29, 1.82) is 5.26 Å². The minimum absolute atomic E-state index is 0.0371. The van der Waals surface area contributed by atoms with Gasteiger partial charge in [0, 0.05) is 19.2 Å². The summed E-state index contributed by atoms with van der Waals surface area (Å²) in [4.78, 5) is 10.1. The smallest absolute Gasteiger partial charge is 0.288 e. The molecule has 2 aromatic rings. The lowest BCUT2D eigenvalue weighted by Crippen LogP contribution is -1.96. The average Bonchev–Trinajstić information content (AvgIpc) is 2.63. The maximum absolute atomic E-state index is 10.7. The highest BCUT2D eigenvalue weighted by molar-refractivity contribution is 6.32. The van der Waals surface area contributed by atoms with E-state index >= 15 is 0 Å². The Morgan fingerprint density at radius 2 is 2.25 bits per heavy atom. The molecular formula is C12H9ClN4O3. The Bertz CT molecular complexity index is 733. The van der Waals surface area contributed by atoms with Crippen molar-refractivity contribution in [3.8, 4) is 17.7 Å². The van der Waals surface area contributed by atoms with E-state index in [9.17, 15) is 10.1 Å². The van der Waals surface area contributed by atoms with Crippen molar-refractivity contribution < 1.29 is 9.66 Å². The Balaban J connectivity index is 2.39. The van der Waals surface area contributed by atoms with Crippen molar-refractivity contribution in [3.63, 3.8) is 0 Å². The van der Waals surface area contributed by atoms with Gasteiger partial charge in [0.25, 0.3) is 5.69 Å². The average molecular weight is 293 g/mol. The number of nitro benzene ring substituents is 1. The summed E-state index contributed by atoms with van der Waals surface area (Å²) in [5, 5.41) is 23.8. The molecule has 1 aromatic heterocycles. The van der Waals surface area contributed by atoms with Crippen molar-refractivity contribution in [1.82, 2.24) is 9.78 Å². The Labute approximate surface area is 119 Å². The number of ether oxygens (including phenoxy) is 1. The first-order valence-electron chi connectivity index (χ1n) is 5.49. The zero-order chi connectivity index (χ0) is 14.9. The minimum Gasteiger partial charge on any atom is -0.438 e. The second kappa shape index (κ2) is 5.19. The van der Waals surface area contributed by atoms with Gasteiger partial charge in [0.2, 0.25) is 5.88 Å². The van der Waals surface area contributed by atoms with Crippen molar-refractivity contribution in [3.05, 3.63) is 44.6 Å². The highest BCUT2D eigenvalue weighted by Crippen LogP contribution is 2.32. The van der Waals surface area contributed by atoms with Gasteiger partial charge in [0.05, 0.1) is 10.6 Å². The molecule has 0 unspecified atom stereocenters. The molecule has 2 rings (SSSR count). The molecule has 8 heteroatoms. The van der Waals surface area contributed by atoms with Crippen LogP contribution in [-0.4, -0.2) is 14.7 Å². The molecule has 0 atom stereocenters. The lowest BCUT2D eigenvalue weighted by Gasteiger charge is -2.06. The molecule has 0 bridgehead atoms. The first-order chi connectivity index (χ1) is 9.43. The molecule has 0 radical (unpaired) electrons. The molecule has 0 spiro atoms. The number of hydrogen-bond donors (Lipinski definition) is 0. The SMILES string of the molecule is Cc1nn(C)c(Oc2ccc([N+](=O)[O-])c(Cl)c2)c1C#N.